The molecule has 0 atom stereocenters. The second-order valence-corrected chi connectivity index (χ2v) is 9.05. The third-order valence-corrected chi connectivity index (χ3v) is 6.29. The number of halogens is 2. The Morgan fingerprint density at radius 3 is 2.55 bits per heavy atom. The fourth-order valence-electron chi connectivity index (χ4n) is 2.90. The molecule has 0 fully saturated rings. The van der Waals surface area contributed by atoms with Gasteiger partial charge < -0.3 is 5.32 Å². The van der Waals surface area contributed by atoms with Crippen LogP contribution in [-0.4, -0.2) is 22.7 Å². The zero-order valence-corrected chi connectivity index (χ0v) is 19.7. The minimum absolute atomic E-state index is 0.0432. The highest BCUT2D eigenvalue weighted by Crippen LogP contribution is 2.30. The highest BCUT2D eigenvalue weighted by atomic mass is 127. The SMILES string of the molecule is Cc1csc(NC(=O)c2cccc(NC3=C(Cl)C(=O)N(c4ccc(I)cc4)C3=O)c2)n1. The van der Waals surface area contributed by atoms with Crippen LogP contribution in [0.5, 0.6) is 0 Å². The smallest absolute Gasteiger partial charge is 0.283 e. The first kappa shape index (κ1) is 21.5. The minimum Gasteiger partial charge on any atom is -0.350 e. The molecular weight excluding hydrogens is 551 g/mol. The van der Waals surface area contributed by atoms with Gasteiger partial charge in [-0.05, 0) is 72.0 Å². The van der Waals surface area contributed by atoms with E-state index >= 15 is 0 Å². The summed E-state index contributed by atoms with van der Waals surface area (Å²) in [5, 5.41) is 7.74. The predicted molar refractivity (Wildman–Crippen MR) is 129 cm³/mol. The van der Waals surface area contributed by atoms with E-state index in [9.17, 15) is 14.4 Å². The van der Waals surface area contributed by atoms with Crippen LogP contribution in [0.25, 0.3) is 0 Å². The molecule has 3 aromatic rings. The summed E-state index contributed by atoms with van der Waals surface area (Å²) in [4.78, 5) is 43.2. The largest absolute Gasteiger partial charge is 0.350 e. The van der Waals surface area contributed by atoms with E-state index in [0.29, 0.717) is 22.1 Å². The molecular formula is C21H14ClIN4O3S. The van der Waals surface area contributed by atoms with Crippen LogP contribution < -0.4 is 15.5 Å². The van der Waals surface area contributed by atoms with Crippen molar-refractivity contribution in [1.29, 1.82) is 0 Å². The third kappa shape index (κ3) is 4.48. The van der Waals surface area contributed by atoms with Gasteiger partial charge in [0.25, 0.3) is 17.7 Å². The number of amides is 3. The number of carbonyl (C=O) groups excluding carboxylic acids is 3. The number of aromatic nitrogens is 1. The van der Waals surface area contributed by atoms with Crippen molar-refractivity contribution < 1.29 is 14.4 Å². The lowest BCUT2D eigenvalue weighted by atomic mass is 10.2. The first-order valence-corrected chi connectivity index (χ1v) is 11.3. The fourth-order valence-corrected chi connectivity index (χ4v) is 4.15. The average molecular weight is 565 g/mol. The molecule has 10 heteroatoms. The molecule has 1 aliphatic heterocycles. The van der Waals surface area contributed by atoms with Crippen LogP contribution in [0.15, 0.2) is 64.6 Å². The van der Waals surface area contributed by atoms with Gasteiger partial charge in [0, 0.05) is 20.2 Å². The number of anilines is 3. The molecule has 2 heterocycles. The number of nitrogens with one attached hydrogen (secondary N) is 2. The molecule has 0 aliphatic carbocycles. The maximum atomic E-state index is 12.9. The Balaban J connectivity index is 1.54. The Hall–Kier alpha value is -2.76. The van der Waals surface area contributed by atoms with Crippen LogP contribution in [0, 0.1) is 10.5 Å². The number of thiazole rings is 1. The Morgan fingerprint density at radius 1 is 1.13 bits per heavy atom. The molecule has 31 heavy (non-hydrogen) atoms. The standard InChI is InChI=1S/C21H14ClIN4O3S/c1-11-10-31-21(24-11)26-18(28)12-3-2-4-14(9-12)25-17-16(22)19(29)27(20(17)30)15-7-5-13(23)6-8-15/h2-10,25H,1H3,(H,24,26,28). The lowest BCUT2D eigenvalue weighted by Gasteiger charge is -2.15. The van der Waals surface area contributed by atoms with E-state index in [1.54, 1.807) is 48.5 Å². The molecule has 3 amide bonds. The number of rotatable bonds is 5. The van der Waals surface area contributed by atoms with E-state index in [2.05, 4.69) is 38.2 Å². The van der Waals surface area contributed by atoms with E-state index in [-0.39, 0.29) is 16.6 Å². The lowest BCUT2D eigenvalue weighted by Crippen LogP contribution is -2.32. The van der Waals surface area contributed by atoms with Crippen molar-refractivity contribution >= 4 is 79.8 Å². The quantitative estimate of drug-likeness (QED) is 0.345. The molecule has 0 spiro atoms. The van der Waals surface area contributed by atoms with Crippen molar-refractivity contribution in [2.24, 2.45) is 0 Å². The summed E-state index contributed by atoms with van der Waals surface area (Å²) in [6.07, 6.45) is 0. The second kappa shape index (κ2) is 8.77. The fraction of sp³-hybridized carbons (Fsp3) is 0.0476. The van der Waals surface area contributed by atoms with E-state index in [1.165, 1.54) is 11.3 Å². The first-order valence-electron chi connectivity index (χ1n) is 8.98. The second-order valence-electron chi connectivity index (χ2n) is 6.57. The van der Waals surface area contributed by atoms with Gasteiger partial charge in [-0.2, -0.15) is 0 Å². The molecule has 0 saturated heterocycles. The number of benzene rings is 2. The maximum absolute atomic E-state index is 12.9. The normalized spacial score (nSPS) is 13.7. The summed E-state index contributed by atoms with van der Waals surface area (Å²) in [7, 11) is 0. The maximum Gasteiger partial charge on any atom is 0.283 e. The van der Waals surface area contributed by atoms with Crippen molar-refractivity contribution in [2.75, 3.05) is 15.5 Å². The van der Waals surface area contributed by atoms with Gasteiger partial charge in [0.15, 0.2) is 5.13 Å². The van der Waals surface area contributed by atoms with Crippen molar-refractivity contribution in [2.45, 2.75) is 6.92 Å². The van der Waals surface area contributed by atoms with Crippen molar-refractivity contribution in [3.8, 4) is 0 Å². The van der Waals surface area contributed by atoms with Gasteiger partial charge in [0.05, 0.1) is 11.4 Å². The van der Waals surface area contributed by atoms with Gasteiger partial charge in [-0.1, -0.05) is 17.7 Å². The van der Waals surface area contributed by atoms with Gasteiger partial charge in [-0.15, -0.1) is 11.3 Å². The Bertz CT molecular complexity index is 1240. The summed E-state index contributed by atoms with van der Waals surface area (Å²) in [5.41, 5.74) is 2.01. The highest BCUT2D eigenvalue weighted by molar-refractivity contribution is 14.1. The van der Waals surface area contributed by atoms with Crippen LogP contribution in [0.2, 0.25) is 0 Å². The Morgan fingerprint density at radius 2 is 1.87 bits per heavy atom. The number of carbonyl (C=O) groups is 3. The molecule has 0 radical (unpaired) electrons. The predicted octanol–water partition coefficient (Wildman–Crippen LogP) is 4.74. The number of imide groups is 1. The summed E-state index contributed by atoms with van der Waals surface area (Å²) in [5.74, 6) is -1.51. The summed E-state index contributed by atoms with van der Waals surface area (Å²) in [6.45, 7) is 1.84. The zero-order valence-electron chi connectivity index (χ0n) is 16.0. The highest BCUT2D eigenvalue weighted by Gasteiger charge is 2.38. The van der Waals surface area contributed by atoms with Crippen LogP contribution in [-0.2, 0) is 9.59 Å². The molecule has 0 unspecified atom stereocenters. The molecule has 4 rings (SSSR count). The van der Waals surface area contributed by atoms with Gasteiger partial charge in [-0.3, -0.25) is 19.7 Å². The average Bonchev–Trinajstić information content (AvgIpc) is 3.25. The molecule has 0 saturated carbocycles. The van der Waals surface area contributed by atoms with Crippen molar-refractivity contribution in [3.05, 3.63) is 79.5 Å². The Kier molecular flexibility index (Phi) is 6.08. The van der Waals surface area contributed by atoms with E-state index in [1.807, 2.05) is 12.3 Å². The van der Waals surface area contributed by atoms with Crippen LogP contribution in [0.1, 0.15) is 16.1 Å². The molecule has 2 aromatic carbocycles. The Labute approximate surface area is 200 Å². The van der Waals surface area contributed by atoms with Gasteiger partial charge in [0.2, 0.25) is 0 Å². The number of aryl methyl sites for hydroxylation is 1. The first-order chi connectivity index (χ1) is 14.8. The van der Waals surface area contributed by atoms with Crippen molar-refractivity contribution in [3.63, 3.8) is 0 Å². The summed E-state index contributed by atoms with van der Waals surface area (Å²) >= 11 is 9.65. The van der Waals surface area contributed by atoms with Crippen molar-refractivity contribution in [1.82, 2.24) is 4.98 Å². The molecule has 1 aliphatic rings. The number of nitrogens with zero attached hydrogens (tertiary/aromatic N) is 2. The molecule has 2 N–H and O–H groups in total. The van der Waals surface area contributed by atoms with Gasteiger partial charge in [-0.25, -0.2) is 9.88 Å². The molecule has 0 bridgehead atoms. The zero-order chi connectivity index (χ0) is 22.1. The number of hydrogen-bond acceptors (Lipinski definition) is 6. The van der Waals surface area contributed by atoms with Crippen LogP contribution in [0.3, 0.4) is 0 Å². The molecule has 156 valence electrons. The topological polar surface area (TPSA) is 91.4 Å². The van der Waals surface area contributed by atoms with E-state index in [4.69, 9.17) is 11.6 Å². The number of hydrogen-bond donors (Lipinski definition) is 2. The summed E-state index contributed by atoms with van der Waals surface area (Å²) < 4.78 is 0.973. The monoisotopic (exact) mass is 564 g/mol. The molecule has 1 aromatic heterocycles. The van der Waals surface area contributed by atoms with Crippen LogP contribution >= 0.6 is 45.5 Å². The molecule has 7 nitrogen and oxygen atoms in total. The minimum atomic E-state index is -0.608. The van der Waals surface area contributed by atoms with Gasteiger partial charge in [0.1, 0.15) is 10.7 Å². The van der Waals surface area contributed by atoms with Crippen LogP contribution in [0.4, 0.5) is 16.5 Å². The van der Waals surface area contributed by atoms with E-state index in [0.717, 1.165) is 14.2 Å². The van der Waals surface area contributed by atoms with E-state index < -0.39 is 11.8 Å². The van der Waals surface area contributed by atoms with Gasteiger partial charge >= 0.3 is 0 Å². The third-order valence-electron chi connectivity index (χ3n) is 4.35. The lowest BCUT2D eigenvalue weighted by molar-refractivity contribution is -0.120. The summed E-state index contributed by atoms with van der Waals surface area (Å²) in [6, 6.07) is 13.5.